The van der Waals surface area contributed by atoms with Crippen LogP contribution in [0.5, 0.6) is 0 Å². The van der Waals surface area contributed by atoms with Gasteiger partial charge in [0.1, 0.15) is 0 Å². The maximum Gasteiger partial charge on any atom is 0.239 e. The van der Waals surface area contributed by atoms with Crippen molar-refractivity contribution in [2.24, 2.45) is 0 Å². The second kappa shape index (κ2) is 5.46. The number of carbonyl (C=O) groups excluding carboxylic acids is 2. The molecule has 0 radical (unpaired) electrons. The van der Waals surface area contributed by atoms with Crippen molar-refractivity contribution in [1.29, 1.82) is 0 Å². The molecule has 1 aliphatic carbocycles. The molecule has 2 N–H and O–H groups in total. The maximum atomic E-state index is 12.0. The van der Waals surface area contributed by atoms with Gasteiger partial charge in [0.15, 0.2) is 0 Å². The van der Waals surface area contributed by atoms with Crippen LogP contribution < -0.4 is 5.32 Å². The number of carbonyl (C=O) groups is 2. The van der Waals surface area contributed by atoms with E-state index in [4.69, 9.17) is 0 Å². The van der Waals surface area contributed by atoms with Crippen LogP contribution in [-0.4, -0.2) is 71.6 Å². The normalized spacial score (nSPS) is 27.3. The summed E-state index contributed by atoms with van der Waals surface area (Å²) >= 11 is 0. The highest BCUT2D eigenvalue weighted by Crippen LogP contribution is 2.20. The fraction of sp³-hybridized carbons (Fsp3) is 0.846. The molecule has 1 saturated heterocycles. The van der Waals surface area contributed by atoms with Crippen LogP contribution in [0.2, 0.25) is 0 Å². The van der Waals surface area contributed by atoms with Gasteiger partial charge in [-0.05, 0) is 26.2 Å². The Hall–Kier alpha value is -1.14. The van der Waals surface area contributed by atoms with E-state index in [1.165, 1.54) is 4.90 Å². The summed E-state index contributed by atoms with van der Waals surface area (Å²) < 4.78 is 0. The Bertz CT molecular complexity index is 366. The van der Waals surface area contributed by atoms with Crippen molar-refractivity contribution in [3.05, 3.63) is 0 Å². The van der Waals surface area contributed by atoms with Crippen LogP contribution in [-0.2, 0) is 9.59 Å². The van der Waals surface area contributed by atoms with Crippen LogP contribution in [0.25, 0.3) is 0 Å². The molecule has 2 amide bonds. The first-order valence-corrected chi connectivity index (χ1v) is 6.84. The quantitative estimate of drug-likeness (QED) is 0.684. The Balaban J connectivity index is 1.71. The van der Waals surface area contributed by atoms with Gasteiger partial charge in [-0.15, -0.1) is 0 Å². The highest BCUT2D eigenvalue weighted by molar-refractivity contribution is 5.85. The fourth-order valence-electron chi connectivity index (χ4n) is 2.29. The summed E-state index contributed by atoms with van der Waals surface area (Å²) in [4.78, 5) is 26.9. The minimum atomic E-state index is -0.692. The van der Waals surface area contributed by atoms with Crippen LogP contribution in [0.4, 0.5) is 0 Å². The predicted molar refractivity (Wildman–Crippen MR) is 70.5 cm³/mol. The minimum absolute atomic E-state index is 0.0800. The number of hydrogen-bond donors (Lipinski definition) is 2. The molecule has 108 valence electrons. The van der Waals surface area contributed by atoms with Crippen molar-refractivity contribution < 1.29 is 14.7 Å². The topological polar surface area (TPSA) is 72.9 Å². The molecule has 0 aromatic rings. The fourth-order valence-corrected chi connectivity index (χ4v) is 2.29. The Kier molecular flexibility index (Phi) is 4.10. The summed E-state index contributed by atoms with van der Waals surface area (Å²) in [6.07, 6.45) is 2.78. The summed E-state index contributed by atoms with van der Waals surface area (Å²) in [5, 5.41) is 12.7. The maximum absolute atomic E-state index is 12.0. The SMILES string of the molecule is CN(CC(=O)NC1CC1)C(=O)CN1CCC(C)(O)C1. The Morgan fingerprint density at radius 2 is 2.16 bits per heavy atom. The molecule has 2 aliphatic rings. The molecule has 6 nitrogen and oxygen atoms in total. The molecule has 1 unspecified atom stereocenters. The second-order valence-corrected chi connectivity index (χ2v) is 6.05. The van der Waals surface area contributed by atoms with Gasteiger partial charge in [-0.3, -0.25) is 14.5 Å². The highest BCUT2D eigenvalue weighted by Gasteiger charge is 2.32. The zero-order valence-corrected chi connectivity index (χ0v) is 11.7. The number of rotatable bonds is 5. The first-order valence-electron chi connectivity index (χ1n) is 6.84. The van der Waals surface area contributed by atoms with Gasteiger partial charge >= 0.3 is 0 Å². The molecule has 1 heterocycles. The van der Waals surface area contributed by atoms with E-state index in [-0.39, 0.29) is 24.9 Å². The lowest BCUT2D eigenvalue weighted by Crippen LogP contribution is -2.43. The molecule has 0 aromatic carbocycles. The van der Waals surface area contributed by atoms with Crippen molar-refractivity contribution in [3.8, 4) is 0 Å². The number of likely N-dealkylation sites (N-methyl/N-ethyl adjacent to an activating group) is 1. The average molecular weight is 269 g/mol. The number of likely N-dealkylation sites (tertiary alicyclic amines) is 1. The number of hydrogen-bond acceptors (Lipinski definition) is 4. The number of amides is 2. The van der Waals surface area contributed by atoms with Crippen LogP contribution in [0, 0.1) is 0 Å². The van der Waals surface area contributed by atoms with Crippen molar-refractivity contribution in [1.82, 2.24) is 15.1 Å². The summed E-state index contributed by atoms with van der Waals surface area (Å²) in [5.41, 5.74) is -0.692. The van der Waals surface area contributed by atoms with Gasteiger partial charge in [0.05, 0.1) is 18.7 Å². The van der Waals surface area contributed by atoms with E-state index in [0.29, 0.717) is 19.0 Å². The van der Waals surface area contributed by atoms with Crippen LogP contribution in [0.15, 0.2) is 0 Å². The molecule has 0 spiro atoms. The van der Waals surface area contributed by atoms with Crippen molar-refractivity contribution in [3.63, 3.8) is 0 Å². The third kappa shape index (κ3) is 4.47. The van der Waals surface area contributed by atoms with E-state index in [1.54, 1.807) is 14.0 Å². The van der Waals surface area contributed by atoms with Gasteiger partial charge in [0, 0.05) is 26.2 Å². The second-order valence-electron chi connectivity index (χ2n) is 6.05. The van der Waals surface area contributed by atoms with E-state index in [1.807, 2.05) is 4.90 Å². The molecule has 0 bridgehead atoms. The Labute approximate surface area is 113 Å². The largest absolute Gasteiger partial charge is 0.389 e. The number of nitrogens with zero attached hydrogens (tertiary/aromatic N) is 2. The van der Waals surface area contributed by atoms with Gasteiger partial charge in [-0.25, -0.2) is 0 Å². The van der Waals surface area contributed by atoms with Crippen LogP contribution in [0.1, 0.15) is 26.2 Å². The first-order chi connectivity index (χ1) is 8.85. The molecule has 2 rings (SSSR count). The van der Waals surface area contributed by atoms with Crippen molar-refractivity contribution in [2.45, 2.75) is 37.8 Å². The van der Waals surface area contributed by atoms with Gasteiger partial charge in [0.2, 0.25) is 11.8 Å². The average Bonchev–Trinajstić information content (AvgIpc) is 3.02. The number of β-amino-alcohol motifs (C(OH)–C–C–N with tert-alkyl or cyclic N) is 1. The molecular formula is C13H23N3O3. The third-order valence-corrected chi connectivity index (χ3v) is 3.64. The number of aliphatic hydroxyl groups is 1. The molecule has 19 heavy (non-hydrogen) atoms. The smallest absolute Gasteiger partial charge is 0.239 e. The molecule has 6 heteroatoms. The molecule has 1 saturated carbocycles. The zero-order valence-electron chi connectivity index (χ0n) is 11.7. The molecular weight excluding hydrogens is 246 g/mol. The first kappa shape index (κ1) is 14.3. The molecule has 0 aromatic heterocycles. The van der Waals surface area contributed by atoms with Gasteiger partial charge in [-0.1, -0.05) is 0 Å². The van der Waals surface area contributed by atoms with Crippen molar-refractivity contribution >= 4 is 11.8 Å². The van der Waals surface area contributed by atoms with E-state index in [0.717, 1.165) is 19.4 Å². The standard InChI is InChI=1S/C13H23N3O3/c1-13(19)5-6-16(9-13)8-12(18)15(2)7-11(17)14-10-3-4-10/h10,19H,3-9H2,1-2H3,(H,14,17). The Morgan fingerprint density at radius 3 is 2.68 bits per heavy atom. The molecule has 2 fully saturated rings. The summed E-state index contributed by atoms with van der Waals surface area (Å²) in [5.74, 6) is -0.171. The van der Waals surface area contributed by atoms with Crippen LogP contribution in [0.3, 0.4) is 0 Å². The third-order valence-electron chi connectivity index (χ3n) is 3.64. The Morgan fingerprint density at radius 1 is 1.47 bits per heavy atom. The lowest BCUT2D eigenvalue weighted by Gasteiger charge is -2.22. The summed E-state index contributed by atoms with van der Waals surface area (Å²) in [6, 6.07) is 0.324. The van der Waals surface area contributed by atoms with Crippen LogP contribution >= 0.6 is 0 Å². The monoisotopic (exact) mass is 269 g/mol. The summed E-state index contributed by atoms with van der Waals surface area (Å²) in [7, 11) is 1.64. The van der Waals surface area contributed by atoms with Gasteiger partial charge in [0.25, 0.3) is 0 Å². The molecule has 1 aliphatic heterocycles. The summed E-state index contributed by atoms with van der Waals surface area (Å²) in [6.45, 7) is 3.40. The van der Waals surface area contributed by atoms with E-state index in [2.05, 4.69) is 5.32 Å². The van der Waals surface area contributed by atoms with E-state index >= 15 is 0 Å². The van der Waals surface area contributed by atoms with Crippen molar-refractivity contribution in [2.75, 3.05) is 33.2 Å². The molecule has 1 atom stereocenters. The van der Waals surface area contributed by atoms with Gasteiger partial charge in [-0.2, -0.15) is 0 Å². The van der Waals surface area contributed by atoms with Gasteiger partial charge < -0.3 is 15.3 Å². The lowest BCUT2D eigenvalue weighted by molar-refractivity contribution is -0.135. The lowest BCUT2D eigenvalue weighted by atomic mass is 10.1. The highest BCUT2D eigenvalue weighted by atomic mass is 16.3. The number of nitrogens with one attached hydrogen (secondary N) is 1. The predicted octanol–water partition coefficient (Wildman–Crippen LogP) is -0.820. The van der Waals surface area contributed by atoms with E-state index in [9.17, 15) is 14.7 Å². The van der Waals surface area contributed by atoms with E-state index < -0.39 is 5.60 Å². The zero-order chi connectivity index (χ0) is 14.0. The minimum Gasteiger partial charge on any atom is -0.389 e.